The van der Waals surface area contributed by atoms with Gasteiger partial charge in [-0.2, -0.15) is 0 Å². The average Bonchev–Trinajstić information content (AvgIpc) is 2.71. The lowest BCUT2D eigenvalue weighted by molar-refractivity contribution is 0.234. The molecule has 0 aromatic heterocycles. The molecule has 1 aromatic rings. The second-order valence-corrected chi connectivity index (χ2v) is 5.84. The van der Waals surface area contributed by atoms with Crippen LogP contribution in [0.25, 0.3) is 0 Å². The topological polar surface area (TPSA) is 32.3 Å². The third-order valence-corrected chi connectivity index (χ3v) is 4.21. The van der Waals surface area contributed by atoms with E-state index < -0.39 is 0 Å². The summed E-state index contributed by atoms with van der Waals surface area (Å²) in [5.41, 5.74) is 1.48. The molecule has 0 saturated heterocycles. The predicted molar refractivity (Wildman–Crippen MR) is 68.9 cm³/mol. The molecule has 1 aliphatic rings. The van der Waals surface area contributed by atoms with Crippen molar-refractivity contribution >= 4 is 11.8 Å². The van der Waals surface area contributed by atoms with Gasteiger partial charge in [-0.25, -0.2) is 0 Å². The quantitative estimate of drug-likeness (QED) is 0.820. The van der Waals surface area contributed by atoms with Gasteiger partial charge in [0.1, 0.15) is 0 Å². The number of nitrogens with one attached hydrogen (secondary N) is 1. The van der Waals surface area contributed by atoms with Crippen molar-refractivity contribution < 1.29 is 5.11 Å². The fourth-order valence-corrected chi connectivity index (χ4v) is 3.21. The van der Waals surface area contributed by atoms with E-state index >= 15 is 0 Å². The first-order valence-corrected chi connectivity index (χ1v) is 6.73. The van der Waals surface area contributed by atoms with E-state index in [1.165, 1.54) is 16.9 Å². The number of benzene rings is 1. The highest BCUT2D eigenvalue weighted by Gasteiger charge is 2.21. The van der Waals surface area contributed by atoms with Crippen molar-refractivity contribution in [2.45, 2.75) is 23.5 Å². The number of hydrogen-bond donors (Lipinski definition) is 2. The molecular weight excluding hydrogens is 218 g/mol. The van der Waals surface area contributed by atoms with Crippen LogP contribution in [0.4, 0.5) is 0 Å². The number of thioether (sulfide) groups is 1. The Hall–Kier alpha value is -0.510. The van der Waals surface area contributed by atoms with Crippen LogP contribution in [0.3, 0.4) is 0 Å². The zero-order chi connectivity index (χ0) is 11.4. The normalized spacial score (nSPS) is 20.8. The molecule has 2 atom stereocenters. The van der Waals surface area contributed by atoms with Gasteiger partial charge in [0.2, 0.25) is 0 Å². The summed E-state index contributed by atoms with van der Waals surface area (Å²) in [6.07, 6.45) is 1.17. The number of aliphatic hydroxyl groups excluding tert-OH is 1. The lowest BCUT2D eigenvalue weighted by Crippen LogP contribution is -2.29. The maximum Gasteiger partial charge on any atom is 0.0468 e. The Morgan fingerprint density at radius 1 is 1.50 bits per heavy atom. The van der Waals surface area contributed by atoms with Gasteiger partial charge in [-0.05, 0) is 30.5 Å². The molecular formula is C13H19NOS. The maximum atomic E-state index is 8.92. The first kappa shape index (κ1) is 12.0. The number of rotatable bonds is 5. The van der Waals surface area contributed by atoms with E-state index in [1.54, 1.807) is 0 Å². The molecule has 0 fully saturated rings. The van der Waals surface area contributed by atoms with Gasteiger partial charge in [0.25, 0.3) is 0 Å². The molecule has 0 radical (unpaired) electrons. The molecule has 2 rings (SSSR count). The summed E-state index contributed by atoms with van der Waals surface area (Å²) in [6, 6.07) is 8.65. The third kappa shape index (κ3) is 3.00. The van der Waals surface area contributed by atoms with Crippen LogP contribution >= 0.6 is 11.8 Å². The lowest BCUT2D eigenvalue weighted by atomic mass is 10.1. The van der Waals surface area contributed by atoms with Gasteiger partial charge in [0.05, 0.1) is 0 Å². The minimum atomic E-state index is 0.269. The van der Waals surface area contributed by atoms with Gasteiger partial charge in [-0.15, -0.1) is 11.8 Å². The van der Waals surface area contributed by atoms with Gasteiger partial charge in [-0.3, -0.25) is 0 Å². The minimum Gasteiger partial charge on any atom is -0.396 e. The first-order chi connectivity index (χ1) is 7.79. The summed E-state index contributed by atoms with van der Waals surface area (Å²) in [4.78, 5) is 1.43. The average molecular weight is 237 g/mol. The molecule has 1 aliphatic heterocycles. The second kappa shape index (κ2) is 5.71. The summed E-state index contributed by atoms with van der Waals surface area (Å²) in [5.74, 6) is 0.355. The third-order valence-electron chi connectivity index (χ3n) is 2.89. The highest BCUT2D eigenvalue weighted by molar-refractivity contribution is 8.00. The SMILES string of the molecule is CC(CO)CNCC1Cc2ccccc2S1. The zero-order valence-electron chi connectivity index (χ0n) is 9.65. The molecule has 3 heteroatoms. The van der Waals surface area contributed by atoms with E-state index in [-0.39, 0.29) is 6.61 Å². The van der Waals surface area contributed by atoms with Crippen LogP contribution in [-0.4, -0.2) is 30.1 Å². The molecule has 0 bridgehead atoms. The van der Waals surface area contributed by atoms with Crippen LogP contribution in [0.2, 0.25) is 0 Å². The van der Waals surface area contributed by atoms with E-state index in [0.29, 0.717) is 11.2 Å². The van der Waals surface area contributed by atoms with Crippen molar-refractivity contribution in [2.75, 3.05) is 19.7 Å². The van der Waals surface area contributed by atoms with Gasteiger partial charge >= 0.3 is 0 Å². The Morgan fingerprint density at radius 2 is 2.31 bits per heavy atom. The van der Waals surface area contributed by atoms with Crippen molar-refractivity contribution in [2.24, 2.45) is 5.92 Å². The molecule has 0 spiro atoms. The van der Waals surface area contributed by atoms with Crippen LogP contribution in [0, 0.1) is 5.92 Å². The largest absolute Gasteiger partial charge is 0.396 e. The van der Waals surface area contributed by atoms with Crippen LogP contribution in [0.1, 0.15) is 12.5 Å². The smallest absolute Gasteiger partial charge is 0.0468 e. The first-order valence-electron chi connectivity index (χ1n) is 5.85. The monoisotopic (exact) mass is 237 g/mol. The molecule has 2 N–H and O–H groups in total. The molecule has 0 saturated carbocycles. The van der Waals surface area contributed by atoms with Gasteiger partial charge in [0, 0.05) is 23.3 Å². The van der Waals surface area contributed by atoms with Crippen molar-refractivity contribution in [3.8, 4) is 0 Å². The second-order valence-electron chi connectivity index (χ2n) is 4.50. The molecule has 1 heterocycles. The summed E-state index contributed by atoms with van der Waals surface area (Å²) >= 11 is 1.97. The van der Waals surface area contributed by atoms with Gasteiger partial charge in [0.15, 0.2) is 0 Å². The van der Waals surface area contributed by atoms with Crippen molar-refractivity contribution in [3.05, 3.63) is 29.8 Å². The van der Waals surface area contributed by atoms with Crippen LogP contribution in [0.15, 0.2) is 29.2 Å². The Kier molecular flexibility index (Phi) is 4.27. The Labute approximate surface area is 101 Å². The van der Waals surface area contributed by atoms with Crippen molar-refractivity contribution in [1.29, 1.82) is 0 Å². The molecule has 1 aromatic carbocycles. The molecule has 0 amide bonds. The highest BCUT2D eigenvalue weighted by atomic mass is 32.2. The zero-order valence-corrected chi connectivity index (χ0v) is 10.5. The fraction of sp³-hybridized carbons (Fsp3) is 0.538. The van der Waals surface area contributed by atoms with Crippen LogP contribution < -0.4 is 5.32 Å². The number of hydrogen-bond acceptors (Lipinski definition) is 3. The summed E-state index contributed by atoms with van der Waals surface area (Å²) in [5, 5.41) is 13.0. The maximum absolute atomic E-state index is 8.92. The molecule has 2 nitrogen and oxygen atoms in total. The van der Waals surface area contributed by atoms with E-state index in [2.05, 4.69) is 36.5 Å². The Balaban J connectivity index is 1.75. The summed E-state index contributed by atoms with van der Waals surface area (Å²) in [7, 11) is 0. The van der Waals surface area contributed by atoms with Gasteiger partial charge < -0.3 is 10.4 Å². The lowest BCUT2D eigenvalue weighted by Gasteiger charge is -2.12. The van der Waals surface area contributed by atoms with Crippen molar-refractivity contribution in [1.82, 2.24) is 5.32 Å². The highest BCUT2D eigenvalue weighted by Crippen LogP contribution is 2.36. The Morgan fingerprint density at radius 3 is 3.06 bits per heavy atom. The predicted octanol–water partition coefficient (Wildman–Crippen LogP) is 1.92. The fourth-order valence-electron chi connectivity index (χ4n) is 1.92. The number of aliphatic hydroxyl groups is 1. The minimum absolute atomic E-state index is 0.269. The van der Waals surface area contributed by atoms with Crippen LogP contribution in [-0.2, 0) is 6.42 Å². The molecule has 0 aliphatic carbocycles. The Bertz CT molecular complexity index is 317. The van der Waals surface area contributed by atoms with E-state index in [1.807, 2.05) is 11.8 Å². The molecule has 16 heavy (non-hydrogen) atoms. The molecule has 88 valence electrons. The summed E-state index contributed by atoms with van der Waals surface area (Å²) in [6.45, 7) is 4.27. The summed E-state index contributed by atoms with van der Waals surface area (Å²) < 4.78 is 0. The van der Waals surface area contributed by atoms with E-state index in [4.69, 9.17) is 5.11 Å². The number of fused-ring (bicyclic) bond motifs is 1. The van der Waals surface area contributed by atoms with E-state index in [9.17, 15) is 0 Å². The van der Waals surface area contributed by atoms with Crippen LogP contribution in [0.5, 0.6) is 0 Å². The van der Waals surface area contributed by atoms with E-state index in [0.717, 1.165) is 13.1 Å². The van der Waals surface area contributed by atoms with Gasteiger partial charge in [-0.1, -0.05) is 25.1 Å². The molecule has 2 unspecified atom stereocenters. The standard InChI is InChI=1S/C13H19NOS/c1-10(9-15)7-14-8-12-6-11-4-2-3-5-13(11)16-12/h2-5,10,12,14-15H,6-9H2,1H3. The van der Waals surface area contributed by atoms with Crippen molar-refractivity contribution in [3.63, 3.8) is 0 Å².